The van der Waals surface area contributed by atoms with Gasteiger partial charge in [0.1, 0.15) is 5.01 Å². The quantitative estimate of drug-likeness (QED) is 0.861. The molecule has 0 saturated carbocycles. The van der Waals surface area contributed by atoms with Gasteiger partial charge in [0.2, 0.25) is 15.2 Å². The zero-order valence-electron chi connectivity index (χ0n) is 14.1. The van der Waals surface area contributed by atoms with E-state index in [1.165, 1.54) is 39.9 Å². The predicted molar refractivity (Wildman–Crippen MR) is 96.4 cm³/mol. The number of rotatable bonds is 5. The van der Waals surface area contributed by atoms with Crippen LogP contribution in [0.3, 0.4) is 0 Å². The highest BCUT2D eigenvalue weighted by Gasteiger charge is 2.27. The lowest BCUT2D eigenvalue weighted by molar-refractivity contribution is 0.102. The highest BCUT2D eigenvalue weighted by atomic mass is 32.2. The van der Waals surface area contributed by atoms with Gasteiger partial charge in [-0.2, -0.15) is 4.31 Å². The first-order valence-corrected chi connectivity index (χ1v) is 10.4. The second-order valence-electron chi connectivity index (χ2n) is 6.19. The molecule has 3 rings (SSSR count). The van der Waals surface area contributed by atoms with Crippen molar-refractivity contribution in [3.05, 3.63) is 34.8 Å². The van der Waals surface area contributed by atoms with Crippen molar-refractivity contribution in [2.45, 2.75) is 37.5 Å². The zero-order valence-corrected chi connectivity index (χ0v) is 15.7. The molecule has 7 nitrogen and oxygen atoms in total. The fraction of sp³-hybridized carbons (Fsp3) is 0.438. The smallest absolute Gasteiger partial charge is 0.257 e. The van der Waals surface area contributed by atoms with E-state index >= 15 is 0 Å². The van der Waals surface area contributed by atoms with E-state index in [-0.39, 0.29) is 16.7 Å². The second-order valence-corrected chi connectivity index (χ2v) is 9.14. The first kappa shape index (κ1) is 18.0. The molecule has 0 unspecified atom stereocenters. The van der Waals surface area contributed by atoms with Crippen LogP contribution in [-0.2, 0) is 10.0 Å². The number of carbonyl (C=O) groups excluding carboxylic acids is 1. The molecule has 9 heteroatoms. The van der Waals surface area contributed by atoms with Crippen molar-refractivity contribution < 1.29 is 13.2 Å². The van der Waals surface area contributed by atoms with Gasteiger partial charge in [0.15, 0.2) is 0 Å². The van der Waals surface area contributed by atoms with E-state index in [0.29, 0.717) is 23.8 Å². The molecular formula is C16H20N4O3S2. The average molecular weight is 380 g/mol. The van der Waals surface area contributed by atoms with Crippen molar-refractivity contribution in [1.82, 2.24) is 14.5 Å². The molecule has 1 saturated heterocycles. The Bertz CT molecular complexity index is 854. The predicted octanol–water partition coefficient (Wildman–Crippen LogP) is 2.70. The molecule has 0 spiro atoms. The maximum atomic E-state index is 12.5. The summed E-state index contributed by atoms with van der Waals surface area (Å²) >= 11 is 1.33. The summed E-state index contributed by atoms with van der Waals surface area (Å²) < 4.78 is 26.4. The SMILES string of the molecule is CC(C)c1nnc(NC(=O)c2ccc(S(=O)(=O)N3CCCC3)cc2)s1. The largest absolute Gasteiger partial charge is 0.296 e. The van der Waals surface area contributed by atoms with Gasteiger partial charge in [0.25, 0.3) is 5.91 Å². The van der Waals surface area contributed by atoms with Gasteiger partial charge in [-0.3, -0.25) is 10.1 Å². The Hall–Kier alpha value is -1.84. The molecule has 1 fully saturated rings. The van der Waals surface area contributed by atoms with E-state index in [2.05, 4.69) is 15.5 Å². The number of carbonyl (C=O) groups is 1. The highest BCUT2D eigenvalue weighted by Crippen LogP contribution is 2.24. The van der Waals surface area contributed by atoms with E-state index in [1.807, 2.05) is 13.8 Å². The van der Waals surface area contributed by atoms with Gasteiger partial charge in [-0.15, -0.1) is 10.2 Å². The van der Waals surface area contributed by atoms with Crippen LogP contribution in [0, 0.1) is 0 Å². The standard InChI is InChI=1S/C16H20N4O3S2/c1-11(2)15-18-19-16(24-15)17-14(21)12-5-7-13(8-6-12)25(22,23)20-9-3-4-10-20/h5-8,11H,3-4,9-10H2,1-2H3,(H,17,19,21). The first-order valence-electron chi connectivity index (χ1n) is 8.13. The number of hydrogen-bond acceptors (Lipinski definition) is 6. The second kappa shape index (κ2) is 7.19. The van der Waals surface area contributed by atoms with Crippen LogP contribution < -0.4 is 5.32 Å². The Labute approximate surface area is 151 Å². The van der Waals surface area contributed by atoms with Gasteiger partial charge in [0, 0.05) is 24.6 Å². The lowest BCUT2D eigenvalue weighted by atomic mass is 10.2. The van der Waals surface area contributed by atoms with Crippen LogP contribution in [0.4, 0.5) is 5.13 Å². The third-order valence-corrected chi connectivity index (χ3v) is 7.03. The van der Waals surface area contributed by atoms with Crippen molar-refractivity contribution >= 4 is 32.4 Å². The summed E-state index contributed by atoms with van der Waals surface area (Å²) in [5.41, 5.74) is 0.377. The lowest BCUT2D eigenvalue weighted by Gasteiger charge is -2.15. The number of sulfonamides is 1. The fourth-order valence-electron chi connectivity index (χ4n) is 2.54. The molecule has 0 aliphatic carbocycles. The summed E-state index contributed by atoms with van der Waals surface area (Å²) in [6.07, 6.45) is 1.78. The minimum atomic E-state index is -3.46. The summed E-state index contributed by atoms with van der Waals surface area (Å²) in [5, 5.41) is 11.9. The number of aromatic nitrogens is 2. The Morgan fingerprint density at radius 3 is 2.36 bits per heavy atom. The van der Waals surface area contributed by atoms with Gasteiger partial charge in [-0.1, -0.05) is 25.2 Å². The molecule has 0 bridgehead atoms. The summed E-state index contributed by atoms with van der Waals surface area (Å²) in [6, 6.07) is 5.98. The van der Waals surface area contributed by atoms with Crippen LogP contribution in [0.25, 0.3) is 0 Å². The van der Waals surface area contributed by atoms with E-state index in [4.69, 9.17) is 0 Å². The lowest BCUT2D eigenvalue weighted by Crippen LogP contribution is -2.27. The third-order valence-electron chi connectivity index (χ3n) is 3.97. The molecule has 1 aliphatic heterocycles. The third kappa shape index (κ3) is 3.88. The highest BCUT2D eigenvalue weighted by molar-refractivity contribution is 7.89. The molecule has 2 aromatic rings. The van der Waals surface area contributed by atoms with E-state index in [1.54, 1.807) is 0 Å². The summed E-state index contributed by atoms with van der Waals surface area (Å²) in [5.74, 6) is -0.0881. The average Bonchev–Trinajstić information content (AvgIpc) is 3.27. The maximum absolute atomic E-state index is 12.5. The van der Waals surface area contributed by atoms with Crippen molar-refractivity contribution in [3.63, 3.8) is 0 Å². The van der Waals surface area contributed by atoms with Gasteiger partial charge in [-0.05, 0) is 37.1 Å². The molecule has 0 radical (unpaired) electrons. The van der Waals surface area contributed by atoms with Crippen molar-refractivity contribution in [1.29, 1.82) is 0 Å². The molecule has 1 aliphatic rings. The molecule has 1 amide bonds. The number of amides is 1. The number of nitrogens with zero attached hydrogens (tertiary/aromatic N) is 3. The normalized spacial score (nSPS) is 15.6. The number of hydrogen-bond donors (Lipinski definition) is 1. The fourth-order valence-corrected chi connectivity index (χ4v) is 4.80. The number of benzene rings is 1. The monoisotopic (exact) mass is 380 g/mol. The molecular weight excluding hydrogens is 360 g/mol. The topological polar surface area (TPSA) is 92.3 Å². The van der Waals surface area contributed by atoms with Gasteiger partial charge in [0.05, 0.1) is 4.90 Å². The Morgan fingerprint density at radius 2 is 1.80 bits per heavy atom. The van der Waals surface area contributed by atoms with Crippen LogP contribution in [-0.4, -0.2) is 41.9 Å². The van der Waals surface area contributed by atoms with E-state index in [9.17, 15) is 13.2 Å². The van der Waals surface area contributed by atoms with Crippen LogP contribution in [0.5, 0.6) is 0 Å². The summed E-state index contributed by atoms with van der Waals surface area (Å²) in [4.78, 5) is 12.5. The van der Waals surface area contributed by atoms with Crippen molar-refractivity contribution in [3.8, 4) is 0 Å². The maximum Gasteiger partial charge on any atom is 0.257 e. The molecule has 1 aromatic heterocycles. The minimum Gasteiger partial charge on any atom is -0.296 e. The van der Waals surface area contributed by atoms with Crippen LogP contribution in [0.1, 0.15) is 48.0 Å². The van der Waals surface area contributed by atoms with Crippen LogP contribution in [0.2, 0.25) is 0 Å². The Balaban J connectivity index is 1.72. The van der Waals surface area contributed by atoms with Gasteiger partial charge < -0.3 is 0 Å². The van der Waals surface area contributed by atoms with Gasteiger partial charge >= 0.3 is 0 Å². The molecule has 134 valence electrons. The van der Waals surface area contributed by atoms with Crippen LogP contribution in [0.15, 0.2) is 29.2 Å². The molecule has 0 atom stereocenters. The first-order chi connectivity index (χ1) is 11.9. The molecule has 25 heavy (non-hydrogen) atoms. The van der Waals surface area contributed by atoms with Crippen molar-refractivity contribution in [2.75, 3.05) is 18.4 Å². The van der Waals surface area contributed by atoms with E-state index < -0.39 is 10.0 Å². The Kier molecular flexibility index (Phi) is 5.16. The zero-order chi connectivity index (χ0) is 18.0. The molecule has 2 heterocycles. The molecule has 1 aromatic carbocycles. The summed E-state index contributed by atoms with van der Waals surface area (Å²) in [6.45, 7) is 5.12. The van der Waals surface area contributed by atoms with Gasteiger partial charge in [-0.25, -0.2) is 8.42 Å². The molecule has 1 N–H and O–H groups in total. The Morgan fingerprint density at radius 1 is 1.16 bits per heavy atom. The summed E-state index contributed by atoms with van der Waals surface area (Å²) in [7, 11) is -3.46. The minimum absolute atomic E-state index is 0.212. The van der Waals surface area contributed by atoms with E-state index in [0.717, 1.165) is 17.8 Å². The van der Waals surface area contributed by atoms with Crippen molar-refractivity contribution in [2.24, 2.45) is 0 Å². The number of anilines is 1. The van der Waals surface area contributed by atoms with Crippen LogP contribution >= 0.6 is 11.3 Å². The number of nitrogens with one attached hydrogen (secondary N) is 1.